The molecular weight excluding hydrogens is 222 g/mol. The topological polar surface area (TPSA) is 67.8 Å². The van der Waals surface area contributed by atoms with E-state index in [1.165, 1.54) is 0 Å². The summed E-state index contributed by atoms with van der Waals surface area (Å²) in [4.78, 5) is 11.7. The van der Waals surface area contributed by atoms with Gasteiger partial charge in [0, 0.05) is 33.3 Å². The van der Waals surface area contributed by atoms with Crippen LogP contribution in [-0.4, -0.2) is 49.6 Å². The molecule has 100 valence electrons. The zero-order chi connectivity index (χ0) is 12.7. The SMILES string of the molecule is COCCC(C)(O)CNC(=O)C1CCCCO1. The molecule has 0 aliphatic carbocycles. The molecule has 0 saturated carbocycles. The van der Waals surface area contributed by atoms with Crippen molar-refractivity contribution in [3.05, 3.63) is 0 Å². The zero-order valence-corrected chi connectivity index (χ0v) is 10.7. The van der Waals surface area contributed by atoms with Crippen LogP contribution in [0.25, 0.3) is 0 Å². The summed E-state index contributed by atoms with van der Waals surface area (Å²) in [5, 5.41) is 12.7. The summed E-state index contributed by atoms with van der Waals surface area (Å²) in [7, 11) is 1.59. The molecule has 5 heteroatoms. The Labute approximate surface area is 102 Å². The average molecular weight is 245 g/mol. The Kier molecular flexibility index (Phi) is 5.88. The number of carbonyl (C=O) groups excluding carboxylic acids is 1. The molecule has 0 aromatic heterocycles. The monoisotopic (exact) mass is 245 g/mol. The molecule has 1 aliphatic heterocycles. The first kappa shape index (κ1) is 14.4. The van der Waals surface area contributed by atoms with Gasteiger partial charge < -0.3 is 19.9 Å². The van der Waals surface area contributed by atoms with Crippen LogP contribution in [-0.2, 0) is 14.3 Å². The first-order valence-corrected chi connectivity index (χ1v) is 6.16. The number of hydrogen-bond acceptors (Lipinski definition) is 4. The Bertz CT molecular complexity index is 237. The Balaban J connectivity index is 2.26. The minimum absolute atomic E-state index is 0.123. The van der Waals surface area contributed by atoms with Crippen LogP contribution in [0, 0.1) is 0 Å². The number of amides is 1. The molecule has 0 aromatic rings. The fraction of sp³-hybridized carbons (Fsp3) is 0.917. The molecule has 1 amide bonds. The summed E-state index contributed by atoms with van der Waals surface area (Å²) in [6.45, 7) is 3.05. The van der Waals surface area contributed by atoms with Crippen LogP contribution in [0.2, 0.25) is 0 Å². The van der Waals surface area contributed by atoms with Crippen LogP contribution in [0.15, 0.2) is 0 Å². The van der Waals surface area contributed by atoms with Crippen molar-refractivity contribution in [2.45, 2.75) is 44.3 Å². The van der Waals surface area contributed by atoms with Gasteiger partial charge >= 0.3 is 0 Å². The number of hydrogen-bond donors (Lipinski definition) is 2. The highest BCUT2D eigenvalue weighted by Crippen LogP contribution is 2.13. The highest BCUT2D eigenvalue weighted by Gasteiger charge is 2.25. The minimum atomic E-state index is -0.930. The lowest BCUT2D eigenvalue weighted by atomic mass is 10.0. The summed E-state index contributed by atoms with van der Waals surface area (Å²) < 4.78 is 10.3. The molecule has 0 aromatic carbocycles. The van der Waals surface area contributed by atoms with Crippen LogP contribution < -0.4 is 5.32 Å². The maximum atomic E-state index is 11.7. The molecule has 2 unspecified atom stereocenters. The van der Waals surface area contributed by atoms with Gasteiger partial charge in [0.1, 0.15) is 6.10 Å². The first-order chi connectivity index (χ1) is 8.05. The molecule has 1 aliphatic rings. The van der Waals surface area contributed by atoms with Crippen molar-refractivity contribution in [2.75, 3.05) is 26.9 Å². The van der Waals surface area contributed by atoms with Crippen LogP contribution in [0.3, 0.4) is 0 Å². The van der Waals surface area contributed by atoms with Crippen LogP contribution in [0.5, 0.6) is 0 Å². The Morgan fingerprint density at radius 2 is 2.35 bits per heavy atom. The molecule has 0 radical (unpaired) electrons. The lowest BCUT2D eigenvalue weighted by Gasteiger charge is -2.26. The van der Waals surface area contributed by atoms with Gasteiger partial charge in [-0.15, -0.1) is 0 Å². The van der Waals surface area contributed by atoms with Gasteiger partial charge in [0.05, 0.1) is 5.60 Å². The van der Waals surface area contributed by atoms with Gasteiger partial charge in [-0.2, -0.15) is 0 Å². The quantitative estimate of drug-likeness (QED) is 0.713. The van der Waals surface area contributed by atoms with E-state index in [4.69, 9.17) is 9.47 Å². The highest BCUT2D eigenvalue weighted by molar-refractivity contribution is 5.80. The fourth-order valence-corrected chi connectivity index (χ4v) is 1.75. The lowest BCUT2D eigenvalue weighted by molar-refractivity contribution is -0.136. The second-order valence-electron chi connectivity index (χ2n) is 4.81. The number of carbonyl (C=O) groups is 1. The van der Waals surface area contributed by atoms with E-state index in [1.807, 2.05) is 0 Å². The van der Waals surface area contributed by atoms with Gasteiger partial charge in [0.25, 0.3) is 0 Å². The van der Waals surface area contributed by atoms with Crippen molar-refractivity contribution in [1.29, 1.82) is 0 Å². The summed E-state index contributed by atoms with van der Waals surface area (Å²) in [6, 6.07) is 0. The number of rotatable bonds is 6. The average Bonchev–Trinajstić information content (AvgIpc) is 2.35. The normalized spacial score (nSPS) is 24.1. The van der Waals surface area contributed by atoms with Crippen molar-refractivity contribution in [3.8, 4) is 0 Å². The van der Waals surface area contributed by atoms with Gasteiger partial charge in [-0.3, -0.25) is 4.79 Å². The smallest absolute Gasteiger partial charge is 0.249 e. The molecule has 1 saturated heterocycles. The molecule has 1 fully saturated rings. The van der Waals surface area contributed by atoms with Gasteiger partial charge in [0.2, 0.25) is 5.91 Å². The third kappa shape index (κ3) is 5.48. The maximum Gasteiger partial charge on any atom is 0.249 e. The number of aliphatic hydroxyl groups is 1. The van der Waals surface area contributed by atoms with Crippen molar-refractivity contribution >= 4 is 5.91 Å². The van der Waals surface area contributed by atoms with Crippen molar-refractivity contribution in [2.24, 2.45) is 0 Å². The number of methoxy groups -OCH3 is 1. The largest absolute Gasteiger partial charge is 0.388 e. The van der Waals surface area contributed by atoms with Gasteiger partial charge in [-0.1, -0.05) is 0 Å². The van der Waals surface area contributed by atoms with Crippen LogP contribution in [0.1, 0.15) is 32.6 Å². The Hall–Kier alpha value is -0.650. The minimum Gasteiger partial charge on any atom is -0.388 e. The van der Waals surface area contributed by atoms with E-state index in [2.05, 4.69) is 5.32 Å². The van der Waals surface area contributed by atoms with Crippen molar-refractivity contribution in [3.63, 3.8) is 0 Å². The van der Waals surface area contributed by atoms with E-state index in [-0.39, 0.29) is 18.6 Å². The van der Waals surface area contributed by atoms with E-state index < -0.39 is 5.60 Å². The summed E-state index contributed by atoms with van der Waals surface area (Å²) in [6.07, 6.45) is 2.97. The molecule has 1 rings (SSSR count). The van der Waals surface area contributed by atoms with Crippen LogP contribution >= 0.6 is 0 Å². The first-order valence-electron chi connectivity index (χ1n) is 6.16. The predicted octanol–water partition coefficient (Wildman–Crippen LogP) is 0.459. The summed E-state index contributed by atoms with van der Waals surface area (Å²) >= 11 is 0. The molecule has 2 atom stereocenters. The molecule has 0 bridgehead atoms. The van der Waals surface area contributed by atoms with E-state index in [1.54, 1.807) is 14.0 Å². The Morgan fingerprint density at radius 3 is 2.94 bits per heavy atom. The maximum absolute atomic E-state index is 11.7. The highest BCUT2D eigenvalue weighted by atomic mass is 16.5. The van der Waals surface area contributed by atoms with E-state index in [0.717, 1.165) is 19.3 Å². The third-order valence-corrected chi connectivity index (χ3v) is 2.96. The van der Waals surface area contributed by atoms with Gasteiger partial charge in [-0.25, -0.2) is 0 Å². The Morgan fingerprint density at radius 1 is 1.59 bits per heavy atom. The molecule has 0 spiro atoms. The molecule has 17 heavy (non-hydrogen) atoms. The molecule has 5 nitrogen and oxygen atoms in total. The van der Waals surface area contributed by atoms with Crippen LogP contribution in [0.4, 0.5) is 0 Å². The van der Waals surface area contributed by atoms with Gasteiger partial charge in [-0.05, 0) is 26.2 Å². The predicted molar refractivity (Wildman–Crippen MR) is 63.7 cm³/mol. The van der Waals surface area contributed by atoms with E-state index in [9.17, 15) is 9.90 Å². The van der Waals surface area contributed by atoms with Crippen molar-refractivity contribution in [1.82, 2.24) is 5.32 Å². The standard InChI is InChI=1S/C12H23NO4/c1-12(15,6-8-16-2)9-13-11(14)10-5-3-4-7-17-10/h10,15H,3-9H2,1-2H3,(H,13,14). The lowest BCUT2D eigenvalue weighted by Crippen LogP contribution is -2.46. The van der Waals surface area contributed by atoms with E-state index in [0.29, 0.717) is 19.6 Å². The number of nitrogens with one attached hydrogen (secondary N) is 1. The van der Waals surface area contributed by atoms with Gasteiger partial charge in [0.15, 0.2) is 0 Å². The molecule has 1 heterocycles. The fourth-order valence-electron chi connectivity index (χ4n) is 1.75. The summed E-state index contributed by atoms with van der Waals surface area (Å²) in [5.74, 6) is -0.123. The van der Waals surface area contributed by atoms with E-state index >= 15 is 0 Å². The molecule has 2 N–H and O–H groups in total. The third-order valence-electron chi connectivity index (χ3n) is 2.96. The zero-order valence-electron chi connectivity index (χ0n) is 10.7. The second kappa shape index (κ2) is 6.93. The number of ether oxygens (including phenoxy) is 2. The summed E-state index contributed by atoms with van der Waals surface area (Å²) in [5.41, 5.74) is -0.930. The molecular formula is C12H23NO4. The van der Waals surface area contributed by atoms with Crippen molar-refractivity contribution < 1.29 is 19.4 Å². The second-order valence-corrected chi connectivity index (χ2v) is 4.81.